The number of urea groups is 1. The summed E-state index contributed by atoms with van der Waals surface area (Å²) in [4.78, 5) is 11.7. The van der Waals surface area contributed by atoms with Crippen LogP contribution in [0.15, 0.2) is 0 Å². The van der Waals surface area contributed by atoms with Crippen LogP contribution in [0, 0.1) is 0 Å². The van der Waals surface area contributed by atoms with E-state index in [0.29, 0.717) is 6.54 Å². The Morgan fingerprint density at radius 1 is 1.31 bits per heavy atom. The second-order valence-corrected chi connectivity index (χ2v) is 4.78. The van der Waals surface area contributed by atoms with Gasteiger partial charge in [-0.3, -0.25) is 0 Å². The molecule has 0 saturated heterocycles. The van der Waals surface area contributed by atoms with Crippen molar-refractivity contribution in [2.24, 2.45) is 5.73 Å². The molecular formula is C12H25N3O. The van der Waals surface area contributed by atoms with Crippen LogP contribution in [-0.4, -0.2) is 24.7 Å². The van der Waals surface area contributed by atoms with Gasteiger partial charge in [0.2, 0.25) is 0 Å². The third kappa shape index (κ3) is 4.00. The number of amides is 2. The van der Waals surface area contributed by atoms with Crippen molar-refractivity contribution in [3.8, 4) is 0 Å². The second kappa shape index (κ2) is 6.74. The number of rotatable bonds is 5. The number of hydrogen-bond donors (Lipinski definition) is 3. The summed E-state index contributed by atoms with van der Waals surface area (Å²) in [5.41, 5.74) is 5.65. The van der Waals surface area contributed by atoms with Gasteiger partial charge in [-0.15, -0.1) is 0 Å². The molecule has 0 radical (unpaired) electrons. The summed E-state index contributed by atoms with van der Waals surface area (Å²) in [6, 6.07) is -0.0548. The van der Waals surface area contributed by atoms with Crippen LogP contribution >= 0.6 is 0 Å². The molecule has 0 unspecified atom stereocenters. The molecule has 1 aliphatic rings. The number of carbonyl (C=O) groups is 1. The van der Waals surface area contributed by atoms with E-state index in [1.165, 1.54) is 19.3 Å². The molecule has 2 amide bonds. The zero-order valence-corrected chi connectivity index (χ0v) is 10.3. The first-order chi connectivity index (χ1) is 7.72. The number of carbonyl (C=O) groups excluding carboxylic acids is 1. The maximum absolute atomic E-state index is 11.7. The van der Waals surface area contributed by atoms with Gasteiger partial charge in [0.15, 0.2) is 0 Å². The predicted molar refractivity (Wildman–Crippen MR) is 66.3 cm³/mol. The fourth-order valence-electron chi connectivity index (χ4n) is 2.27. The summed E-state index contributed by atoms with van der Waals surface area (Å²) in [5.74, 6) is 0. The molecule has 16 heavy (non-hydrogen) atoms. The van der Waals surface area contributed by atoms with E-state index in [9.17, 15) is 4.79 Å². The molecule has 4 nitrogen and oxygen atoms in total. The van der Waals surface area contributed by atoms with E-state index in [0.717, 1.165) is 32.2 Å². The lowest BCUT2D eigenvalue weighted by atomic mass is 9.82. The van der Waals surface area contributed by atoms with Crippen molar-refractivity contribution in [2.75, 3.05) is 13.1 Å². The lowest BCUT2D eigenvalue weighted by Crippen LogP contribution is -2.57. The van der Waals surface area contributed by atoms with Crippen molar-refractivity contribution in [1.29, 1.82) is 0 Å². The zero-order valence-electron chi connectivity index (χ0n) is 10.3. The van der Waals surface area contributed by atoms with Crippen molar-refractivity contribution in [2.45, 2.75) is 57.4 Å². The zero-order chi connectivity index (χ0) is 11.9. The van der Waals surface area contributed by atoms with Crippen LogP contribution in [0.25, 0.3) is 0 Å². The molecule has 0 bridgehead atoms. The number of nitrogens with one attached hydrogen (secondary N) is 2. The van der Waals surface area contributed by atoms with E-state index >= 15 is 0 Å². The van der Waals surface area contributed by atoms with E-state index in [4.69, 9.17) is 5.73 Å². The minimum atomic E-state index is -0.144. The molecule has 0 aliphatic heterocycles. The fourth-order valence-corrected chi connectivity index (χ4v) is 2.27. The van der Waals surface area contributed by atoms with E-state index < -0.39 is 0 Å². The van der Waals surface area contributed by atoms with Gasteiger partial charge in [0.1, 0.15) is 0 Å². The molecule has 94 valence electrons. The maximum atomic E-state index is 11.7. The molecule has 1 saturated carbocycles. The van der Waals surface area contributed by atoms with Gasteiger partial charge in [-0.25, -0.2) is 4.79 Å². The highest BCUT2D eigenvalue weighted by Crippen LogP contribution is 2.26. The molecule has 1 rings (SSSR count). The largest absolute Gasteiger partial charge is 0.338 e. The van der Waals surface area contributed by atoms with Crippen LogP contribution in [-0.2, 0) is 0 Å². The first-order valence-electron chi connectivity index (χ1n) is 6.48. The van der Waals surface area contributed by atoms with Crippen LogP contribution in [0.5, 0.6) is 0 Å². The Morgan fingerprint density at radius 3 is 2.56 bits per heavy atom. The predicted octanol–water partition coefficient (Wildman–Crippen LogP) is 1.75. The van der Waals surface area contributed by atoms with Crippen LogP contribution in [0.4, 0.5) is 4.79 Å². The highest BCUT2D eigenvalue weighted by molar-refractivity contribution is 5.74. The van der Waals surface area contributed by atoms with Crippen molar-refractivity contribution >= 4 is 6.03 Å². The van der Waals surface area contributed by atoms with Crippen LogP contribution < -0.4 is 16.4 Å². The average molecular weight is 227 g/mol. The summed E-state index contributed by atoms with van der Waals surface area (Å²) in [5, 5.41) is 5.95. The number of hydrogen-bond acceptors (Lipinski definition) is 2. The van der Waals surface area contributed by atoms with Crippen molar-refractivity contribution in [3.63, 3.8) is 0 Å². The quantitative estimate of drug-likeness (QED) is 0.626. The van der Waals surface area contributed by atoms with E-state index in [1.807, 2.05) is 0 Å². The Hall–Kier alpha value is -0.770. The monoisotopic (exact) mass is 227 g/mol. The third-order valence-electron chi connectivity index (χ3n) is 3.40. The number of nitrogens with two attached hydrogens (primary N) is 1. The van der Waals surface area contributed by atoms with E-state index in [2.05, 4.69) is 17.6 Å². The van der Waals surface area contributed by atoms with E-state index in [1.54, 1.807) is 0 Å². The van der Waals surface area contributed by atoms with Gasteiger partial charge < -0.3 is 16.4 Å². The molecular weight excluding hydrogens is 202 g/mol. The first-order valence-corrected chi connectivity index (χ1v) is 6.48. The Morgan fingerprint density at radius 2 is 2.00 bits per heavy atom. The van der Waals surface area contributed by atoms with Gasteiger partial charge in [0.25, 0.3) is 0 Å². The summed E-state index contributed by atoms with van der Waals surface area (Å²) in [7, 11) is 0. The summed E-state index contributed by atoms with van der Waals surface area (Å²) < 4.78 is 0. The topological polar surface area (TPSA) is 67.2 Å². The Bertz CT molecular complexity index is 212. The minimum Gasteiger partial charge on any atom is -0.338 e. The van der Waals surface area contributed by atoms with Crippen LogP contribution in [0.3, 0.4) is 0 Å². The molecule has 0 aromatic rings. The maximum Gasteiger partial charge on any atom is 0.315 e. The van der Waals surface area contributed by atoms with Crippen molar-refractivity contribution < 1.29 is 4.79 Å². The van der Waals surface area contributed by atoms with Gasteiger partial charge in [0, 0.05) is 13.1 Å². The first kappa shape index (κ1) is 13.3. The lowest BCUT2D eigenvalue weighted by Gasteiger charge is -2.37. The molecule has 0 atom stereocenters. The summed E-state index contributed by atoms with van der Waals surface area (Å²) >= 11 is 0. The second-order valence-electron chi connectivity index (χ2n) is 4.78. The van der Waals surface area contributed by atoms with Gasteiger partial charge in [-0.2, -0.15) is 0 Å². The van der Waals surface area contributed by atoms with Crippen LogP contribution in [0.1, 0.15) is 51.9 Å². The fraction of sp³-hybridized carbons (Fsp3) is 0.917. The highest BCUT2D eigenvalue weighted by Gasteiger charge is 2.31. The lowest BCUT2D eigenvalue weighted by molar-refractivity contribution is 0.205. The molecule has 0 aromatic carbocycles. The highest BCUT2D eigenvalue weighted by atomic mass is 16.2. The van der Waals surface area contributed by atoms with E-state index in [-0.39, 0.29) is 11.6 Å². The SMILES string of the molecule is CCCCNC(=O)NC1(CN)CCCCC1. The third-order valence-corrected chi connectivity index (χ3v) is 3.40. The molecule has 1 fully saturated rings. The number of unbranched alkanes of at least 4 members (excludes halogenated alkanes) is 1. The normalized spacial score (nSPS) is 19.1. The average Bonchev–Trinajstić information content (AvgIpc) is 2.30. The Balaban J connectivity index is 2.33. The Labute approximate surface area is 98.3 Å². The molecule has 1 aliphatic carbocycles. The van der Waals surface area contributed by atoms with Gasteiger partial charge in [0.05, 0.1) is 5.54 Å². The molecule has 0 aromatic heterocycles. The Kier molecular flexibility index (Phi) is 5.60. The molecule has 4 N–H and O–H groups in total. The van der Waals surface area contributed by atoms with Crippen molar-refractivity contribution in [1.82, 2.24) is 10.6 Å². The van der Waals surface area contributed by atoms with Gasteiger partial charge in [-0.1, -0.05) is 32.6 Å². The van der Waals surface area contributed by atoms with Gasteiger partial charge >= 0.3 is 6.03 Å². The standard InChI is InChI=1S/C12H25N3O/c1-2-3-9-14-11(16)15-12(10-13)7-5-4-6-8-12/h2-10,13H2,1H3,(H2,14,15,16). The summed E-state index contributed by atoms with van der Waals surface area (Å²) in [6.45, 7) is 3.42. The smallest absolute Gasteiger partial charge is 0.315 e. The summed E-state index contributed by atoms with van der Waals surface area (Å²) in [6.07, 6.45) is 7.78. The minimum absolute atomic E-state index is 0.0548. The molecule has 0 spiro atoms. The molecule has 4 heteroatoms. The molecule has 0 heterocycles. The van der Waals surface area contributed by atoms with Crippen LogP contribution in [0.2, 0.25) is 0 Å². The van der Waals surface area contributed by atoms with Gasteiger partial charge in [-0.05, 0) is 19.3 Å². The van der Waals surface area contributed by atoms with Crippen molar-refractivity contribution in [3.05, 3.63) is 0 Å².